The number of allylic oxidation sites excluding steroid dienone is 3. The van der Waals surface area contributed by atoms with Gasteiger partial charge in [0.15, 0.2) is 5.78 Å². The van der Waals surface area contributed by atoms with Crippen molar-refractivity contribution >= 4 is 22.4 Å². The summed E-state index contributed by atoms with van der Waals surface area (Å²) in [5, 5.41) is 4.14. The van der Waals surface area contributed by atoms with E-state index in [1.54, 1.807) is 12.2 Å². The Labute approximate surface area is 124 Å². The molecule has 21 heavy (non-hydrogen) atoms. The van der Waals surface area contributed by atoms with Gasteiger partial charge in [0.25, 0.3) is 0 Å². The molecule has 0 saturated heterocycles. The highest BCUT2D eigenvalue weighted by molar-refractivity contribution is 6.00. The second-order valence-electron chi connectivity index (χ2n) is 4.62. The van der Waals surface area contributed by atoms with E-state index in [0.717, 1.165) is 22.2 Å². The third-order valence-corrected chi connectivity index (χ3v) is 3.21. The van der Waals surface area contributed by atoms with Gasteiger partial charge in [-0.2, -0.15) is 0 Å². The van der Waals surface area contributed by atoms with Gasteiger partial charge in [0.1, 0.15) is 0 Å². The predicted molar refractivity (Wildman–Crippen MR) is 87.8 cm³/mol. The molecule has 0 amide bonds. The number of ketones is 1. The van der Waals surface area contributed by atoms with Crippen LogP contribution in [0.25, 0.3) is 16.6 Å². The number of Topliss-reactive ketones (excluding diaryl/α,β-unsaturated/α-hetero) is 1. The van der Waals surface area contributed by atoms with Gasteiger partial charge < -0.3 is 16.0 Å². The Morgan fingerprint density at radius 1 is 1.43 bits per heavy atom. The quantitative estimate of drug-likeness (QED) is 0.433. The molecular formula is C17H19N3O. The maximum absolute atomic E-state index is 11.9. The number of carbonyl (C=O) groups excluding carboxylic acids is 1. The van der Waals surface area contributed by atoms with Crippen LogP contribution in [-0.4, -0.2) is 17.8 Å². The molecule has 1 aromatic heterocycles. The Kier molecular flexibility index (Phi) is 4.61. The second-order valence-corrected chi connectivity index (χ2v) is 4.62. The lowest BCUT2D eigenvalue weighted by molar-refractivity contribution is 0.0992. The van der Waals surface area contributed by atoms with Gasteiger partial charge in [-0.05, 0) is 36.0 Å². The predicted octanol–water partition coefficient (Wildman–Crippen LogP) is 2.96. The first-order valence-corrected chi connectivity index (χ1v) is 6.73. The molecule has 0 saturated carbocycles. The highest BCUT2D eigenvalue weighted by Gasteiger charge is 2.09. The fraction of sp³-hybridized carbons (Fsp3) is 0.118. The summed E-state index contributed by atoms with van der Waals surface area (Å²) < 4.78 is 0. The zero-order chi connectivity index (χ0) is 15.2. The molecule has 0 atom stereocenters. The molecule has 2 aromatic rings. The number of rotatable bonds is 6. The van der Waals surface area contributed by atoms with E-state index in [9.17, 15) is 4.79 Å². The van der Waals surface area contributed by atoms with Crippen molar-refractivity contribution in [3.8, 4) is 0 Å². The first kappa shape index (κ1) is 14.7. The molecule has 0 unspecified atom stereocenters. The van der Waals surface area contributed by atoms with Crippen LogP contribution in [0.3, 0.4) is 0 Å². The summed E-state index contributed by atoms with van der Waals surface area (Å²) in [6.45, 7) is 3.59. The molecule has 2 rings (SSSR count). The average Bonchev–Trinajstić information content (AvgIpc) is 2.91. The number of H-pyrrole nitrogens is 1. The summed E-state index contributed by atoms with van der Waals surface area (Å²) in [5.41, 5.74) is 8.87. The maximum Gasteiger partial charge on any atom is 0.182 e. The highest BCUT2D eigenvalue weighted by Crippen LogP contribution is 2.21. The Hall–Kier alpha value is -2.75. The molecule has 4 heteroatoms. The van der Waals surface area contributed by atoms with Crippen molar-refractivity contribution in [3.63, 3.8) is 0 Å². The van der Waals surface area contributed by atoms with Crippen LogP contribution in [0.4, 0.5) is 0 Å². The lowest BCUT2D eigenvalue weighted by Gasteiger charge is -2.06. The van der Waals surface area contributed by atoms with Gasteiger partial charge in [0, 0.05) is 30.1 Å². The summed E-state index contributed by atoms with van der Waals surface area (Å²) in [7, 11) is 1.86. The molecule has 0 spiro atoms. The molecular weight excluding hydrogens is 262 g/mol. The van der Waals surface area contributed by atoms with Crippen LogP contribution in [0.2, 0.25) is 0 Å². The number of aromatic amines is 1. The highest BCUT2D eigenvalue weighted by atomic mass is 16.1. The molecule has 0 radical (unpaired) electrons. The smallest absolute Gasteiger partial charge is 0.182 e. The normalized spacial score (nSPS) is 12.0. The molecule has 0 aliphatic heterocycles. The number of fused-ring (bicyclic) bond motifs is 1. The summed E-state index contributed by atoms with van der Waals surface area (Å²) in [6.07, 6.45) is 7.09. The largest absolute Gasteiger partial charge is 0.405 e. The molecule has 0 fully saturated rings. The molecule has 4 nitrogen and oxygen atoms in total. The molecule has 4 N–H and O–H groups in total. The van der Waals surface area contributed by atoms with Crippen molar-refractivity contribution in [2.45, 2.75) is 6.42 Å². The summed E-state index contributed by atoms with van der Waals surface area (Å²) in [4.78, 5) is 15.0. The van der Waals surface area contributed by atoms with Crippen LogP contribution >= 0.6 is 0 Å². The summed E-state index contributed by atoms with van der Waals surface area (Å²) in [6, 6.07) is 7.87. The Bertz CT molecular complexity index is 723. The fourth-order valence-electron chi connectivity index (χ4n) is 2.16. The van der Waals surface area contributed by atoms with Crippen LogP contribution in [0.5, 0.6) is 0 Å². The monoisotopic (exact) mass is 281 g/mol. The first-order chi connectivity index (χ1) is 10.2. The molecule has 1 heterocycles. The fourth-order valence-corrected chi connectivity index (χ4v) is 2.16. The topological polar surface area (TPSA) is 70.9 Å². The number of hydrogen-bond acceptors (Lipinski definition) is 3. The number of hydrogen-bond donors (Lipinski definition) is 3. The van der Waals surface area contributed by atoms with E-state index in [-0.39, 0.29) is 5.78 Å². The zero-order valence-corrected chi connectivity index (χ0v) is 12.0. The van der Waals surface area contributed by atoms with Crippen LogP contribution in [-0.2, 0) is 0 Å². The third kappa shape index (κ3) is 3.23. The van der Waals surface area contributed by atoms with E-state index in [1.807, 2.05) is 37.4 Å². The van der Waals surface area contributed by atoms with Crippen molar-refractivity contribution in [1.29, 1.82) is 0 Å². The van der Waals surface area contributed by atoms with Crippen molar-refractivity contribution in [2.75, 3.05) is 7.05 Å². The lowest BCUT2D eigenvalue weighted by Crippen LogP contribution is -2.04. The third-order valence-electron chi connectivity index (χ3n) is 3.21. The van der Waals surface area contributed by atoms with E-state index in [1.165, 1.54) is 6.20 Å². The Balaban J connectivity index is 2.41. The average molecular weight is 281 g/mol. The Morgan fingerprint density at radius 3 is 2.90 bits per heavy atom. The van der Waals surface area contributed by atoms with Gasteiger partial charge in [-0.15, -0.1) is 6.58 Å². The minimum absolute atomic E-state index is 0.0400. The number of benzene rings is 1. The molecule has 0 aliphatic carbocycles. The number of nitrogens with one attached hydrogen (secondary N) is 2. The van der Waals surface area contributed by atoms with Crippen LogP contribution in [0.1, 0.15) is 22.5 Å². The SMILES string of the molecule is C=CCC(=O)c1cc2ccc(/C(=C/C=C\N)NC)cc2[nH]1. The van der Waals surface area contributed by atoms with Crippen LogP contribution in [0.15, 0.2) is 55.3 Å². The van der Waals surface area contributed by atoms with Crippen molar-refractivity contribution in [2.24, 2.45) is 5.73 Å². The Morgan fingerprint density at radius 2 is 2.24 bits per heavy atom. The molecule has 1 aromatic carbocycles. The van der Waals surface area contributed by atoms with Gasteiger partial charge in [-0.25, -0.2) is 0 Å². The number of carbonyl (C=O) groups is 1. The first-order valence-electron chi connectivity index (χ1n) is 6.73. The van der Waals surface area contributed by atoms with Gasteiger partial charge in [0.2, 0.25) is 0 Å². The van der Waals surface area contributed by atoms with E-state index < -0.39 is 0 Å². The van der Waals surface area contributed by atoms with Crippen molar-refractivity contribution in [3.05, 3.63) is 66.5 Å². The summed E-state index contributed by atoms with van der Waals surface area (Å²) >= 11 is 0. The molecule has 108 valence electrons. The van der Waals surface area contributed by atoms with Crippen LogP contribution < -0.4 is 11.1 Å². The van der Waals surface area contributed by atoms with E-state index in [2.05, 4.69) is 16.9 Å². The van der Waals surface area contributed by atoms with Crippen molar-refractivity contribution in [1.82, 2.24) is 10.3 Å². The lowest BCUT2D eigenvalue weighted by atomic mass is 10.1. The van der Waals surface area contributed by atoms with Gasteiger partial charge in [0.05, 0.1) is 5.69 Å². The van der Waals surface area contributed by atoms with E-state index >= 15 is 0 Å². The summed E-state index contributed by atoms with van der Waals surface area (Å²) in [5.74, 6) is 0.0400. The number of aromatic nitrogens is 1. The standard InChI is InChI=1S/C17H19N3O/c1-3-5-17(21)16-11-13-8-7-12(10-15(13)20-16)14(19-2)6-4-9-18/h3-4,6-11,19-20H,1,5,18H2,2H3/b9-4-,14-6-. The minimum atomic E-state index is 0.0400. The van der Waals surface area contributed by atoms with Gasteiger partial charge in [-0.1, -0.05) is 18.2 Å². The van der Waals surface area contributed by atoms with Crippen molar-refractivity contribution < 1.29 is 4.79 Å². The maximum atomic E-state index is 11.9. The zero-order valence-electron chi connectivity index (χ0n) is 12.0. The minimum Gasteiger partial charge on any atom is -0.405 e. The van der Waals surface area contributed by atoms with Gasteiger partial charge in [-0.3, -0.25) is 4.79 Å². The second kappa shape index (κ2) is 6.61. The van der Waals surface area contributed by atoms with Crippen LogP contribution in [0, 0.1) is 0 Å². The molecule has 0 bridgehead atoms. The number of nitrogens with two attached hydrogens (primary N) is 1. The van der Waals surface area contributed by atoms with E-state index in [4.69, 9.17) is 5.73 Å². The molecule has 0 aliphatic rings. The van der Waals surface area contributed by atoms with E-state index in [0.29, 0.717) is 12.1 Å². The van der Waals surface area contributed by atoms with Gasteiger partial charge >= 0.3 is 0 Å².